The Hall–Kier alpha value is -3.41. The number of urea groups is 1. The molecule has 0 fully saturated rings. The number of amides is 2. The maximum Gasteiger partial charge on any atom is 0.322 e. The molecule has 30 heavy (non-hydrogen) atoms. The highest BCUT2D eigenvalue weighted by Crippen LogP contribution is 2.18. The molecule has 2 amide bonds. The molecule has 1 aliphatic rings. The van der Waals surface area contributed by atoms with E-state index in [0.717, 1.165) is 23.4 Å². The van der Waals surface area contributed by atoms with Crippen molar-refractivity contribution in [3.8, 4) is 0 Å². The van der Waals surface area contributed by atoms with Crippen LogP contribution in [0.3, 0.4) is 0 Å². The molecule has 2 heterocycles. The molecular weight excluding hydrogens is 376 g/mol. The van der Waals surface area contributed by atoms with Crippen molar-refractivity contribution >= 4 is 11.7 Å². The van der Waals surface area contributed by atoms with Crippen LogP contribution >= 0.6 is 0 Å². The first-order chi connectivity index (χ1) is 14.5. The van der Waals surface area contributed by atoms with Gasteiger partial charge in [0.1, 0.15) is 5.82 Å². The Morgan fingerprint density at radius 2 is 1.97 bits per heavy atom. The van der Waals surface area contributed by atoms with Gasteiger partial charge in [0.05, 0.1) is 17.8 Å². The van der Waals surface area contributed by atoms with E-state index in [1.54, 1.807) is 4.90 Å². The molecule has 0 bridgehead atoms. The van der Waals surface area contributed by atoms with Gasteiger partial charge in [0.15, 0.2) is 0 Å². The maximum absolute atomic E-state index is 12.7. The van der Waals surface area contributed by atoms with E-state index in [4.69, 9.17) is 0 Å². The van der Waals surface area contributed by atoms with Crippen LogP contribution in [0, 0.1) is 6.92 Å². The third-order valence-electron chi connectivity index (χ3n) is 5.45. The van der Waals surface area contributed by atoms with E-state index in [0.29, 0.717) is 30.8 Å². The molecule has 0 spiro atoms. The van der Waals surface area contributed by atoms with E-state index in [-0.39, 0.29) is 18.1 Å². The number of anilines is 1. The Labute approximate surface area is 176 Å². The second kappa shape index (κ2) is 8.53. The zero-order valence-electron chi connectivity index (χ0n) is 17.4. The summed E-state index contributed by atoms with van der Waals surface area (Å²) in [4.78, 5) is 34.7. The van der Waals surface area contributed by atoms with Gasteiger partial charge in [-0.1, -0.05) is 48.9 Å². The van der Waals surface area contributed by atoms with Gasteiger partial charge in [0.25, 0.3) is 5.56 Å². The summed E-state index contributed by atoms with van der Waals surface area (Å²) in [6.45, 7) is 4.92. The number of H-pyrrole nitrogens is 1. The van der Waals surface area contributed by atoms with Crippen molar-refractivity contribution in [2.75, 3.05) is 11.9 Å². The van der Waals surface area contributed by atoms with Crippen molar-refractivity contribution in [3.05, 3.63) is 92.7 Å². The van der Waals surface area contributed by atoms with E-state index >= 15 is 0 Å². The van der Waals surface area contributed by atoms with Crippen LogP contribution in [-0.2, 0) is 25.8 Å². The van der Waals surface area contributed by atoms with E-state index in [1.807, 2.05) is 49.4 Å². The van der Waals surface area contributed by atoms with Crippen LogP contribution in [0.4, 0.5) is 10.5 Å². The Bertz CT molecular complexity index is 1140. The number of nitrogens with zero attached hydrogens (tertiary/aromatic N) is 2. The minimum absolute atomic E-state index is 0.159. The van der Waals surface area contributed by atoms with E-state index in [2.05, 4.69) is 28.3 Å². The SMILES string of the molecule is CCc1cccc(NC(=O)N2CCc3nc(Cc4cccc(C)c4)[nH]c(=O)c3C2)c1. The molecule has 1 aromatic heterocycles. The summed E-state index contributed by atoms with van der Waals surface area (Å²) >= 11 is 0. The molecule has 0 saturated heterocycles. The molecule has 6 nitrogen and oxygen atoms in total. The van der Waals surface area contributed by atoms with Crippen molar-refractivity contribution < 1.29 is 4.79 Å². The summed E-state index contributed by atoms with van der Waals surface area (Å²) in [5.74, 6) is 0.665. The standard InChI is InChI=1S/C24H26N4O2/c1-3-17-7-5-9-19(13-17)25-24(30)28-11-10-21-20(15-28)23(29)27-22(26-21)14-18-8-4-6-16(2)12-18/h4-9,12-13H,3,10-11,14-15H2,1-2H3,(H,25,30)(H,26,27,29). The summed E-state index contributed by atoms with van der Waals surface area (Å²) in [6, 6.07) is 15.8. The molecular formula is C24H26N4O2. The van der Waals surface area contributed by atoms with Gasteiger partial charge >= 0.3 is 6.03 Å². The number of aromatic amines is 1. The van der Waals surface area contributed by atoms with Gasteiger partial charge in [-0.2, -0.15) is 0 Å². The second-order valence-corrected chi connectivity index (χ2v) is 7.76. The van der Waals surface area contributed by atoms with Crippen LogP contribution in [0.15, 0.2) is 53.3 Å². The number of aryl methyl sites for hydroxylation is 2. The van der Waals surface area contributed by atoms with E-state index < -0.39 is 0 Å². The monoisotopic (exact) mass is 402 g/mol. The van der Waals surface area contributed by atoms with Gasteiger partial charge in [-0.25, -0.2) is 9.78 Å². The Morgan fingerprint density at radius 1 is 1.17 bits per heavy atom. The van der Waals surface area contributed by atoms with Crippen molar-refractivity contribution in [1.29, 1.82) is 0 Å². The normalized spacial score (nSPS) is 13.1. The highest BCUT2D eigenvalue weighted by molar-refractivity contribution is 5.89. The second-order valence-electron chi connectivity index (χ2n) is 7.76. The molecule has 3 aromatic rings. The third-order valence-corrected chi connectivity index (χ3v) is 5.45. The van der Waals surface area contributed by atoms with Gasteiger partial charge in [0, 0.05) is 25.1 Å². The minimum atomic E-state index is -0.197. The Balaban J connectivity index is 1.48. The van der Waals surface area contributed by atoms with Crippen molar-refractivity contribution in [2.45, 2.75) is 39.7 Å². The van der Waals surface area contributed by atoms with Crippen molar-refractivity contribution in [2.24, 2.45) is 0 Å². The number of fused-ring (bicyclic) bond motifs is 1. The average molecular weight is 402 g/mol. The lowest BCUT2D eigenvalue weighted by atomic mass is 10.1. The topological polar surface area (TPSA) is 78.1 Å². The molecule has 6 heteroatoms. The van der Waals surface area contributed by atoms with Gasteiger partial charge in [-0.3, -0.25) is 4.79 Å². The first-order valence-electron chi connectivity index (χ1n) is 10.3. The van der Waals surface area contributed by atoms with Crippen LogP contribution in [-0.4, -0.2) is 27.4 Å². The van der Waals surface area contributed by atoms with Crippen LogP contribution in [0.2, 0.25) is 0 Å². The molecule has 0 aliphatic carbocycles. The number of rotatable bonds is 4. The molecule has 0 radical (unpaired) electrons. The molecule has 154 valence electrons. The third kappa shape index (κ3) is 4.43. The lowest BCUT2D eigenvalue weighted by molar-refractivity contribution is 0.205. The molecule has 4 rings (SSSR count). The predicted octanol–water partition coefficient (Wildman–Crippen LogP) is 3.82. The fourth-order valence-corrected chi connectivity index (χ4v) is 3.82. The summed E-state index contributed by atoms with van der Waals surface area (Å²) in [5.41, 5.74) is 5.44. The summed E-state index contributed by atoms with van der Waals surface area (Å²) in [5, 5.41) is 2.94. The average Bonchev–Trinajstić information content (AvgIpc) is 2.73. The van der Waals surface area contributed by atoms with E-state index in [1.165, 1.54) is 11.1 Å². The lowest BCUT2D eigenvalue weighted by Gasteiger charge is -2.28. The van der Waals surface area contributed by atoms with Gasteiger partial charge < -0.3 is 15.2 Å². The van der Waals surface area contributed by atoms with Crippen LogP contribution < -0.4 is 10.9 Å². The van der Waals surface area contributed by atoms with Crippen LogP contribution in [0.1, 0.15) is 40.7 Å². The predicted molar refractivity (Wildman–Crippen MR) is 118 cm³/mol. The number of carbonyl (C=O) groups is 1. The van der Waals surface area contributed by atoms with Gasteiger partial charge in [0.2, 0.25) is 0 Å². The van der Waals surface area contributed by atoms with Gasteiger partial charge in [-0.05, 0) is 36.6 Å². The highest BCUT2D eigenvalue weighted by atomic mass is 16.2. The molecule has 2 N–H and O–H groups in total. The number of aromatic nitrogens is 2. The molecule has 0 atom stereocenters. The Kier molecular flexibility index (Phi) is 5.65. The summed E-state index contributed by atoms with van der Waals surface area (Å²) in [6.07, 6.45) is 2.07. The van der Waals surface area contributed by atoms with Crippen molar-refractivity contribution in [3.63, 3.8) is 0 Å². The van der Waals surface area contributed by atoms with Crippen LogP contribution in [0.5, 0.6) is 0 Å². The first kappa shape index (κ1) is 19.9. The van der Waals surface area contributed by atoms with Crippen LogP contribution in [0.25, 0.3) is 0 Å². The molecule has 2 aromatic carbocycles. The summed E-state index contributed by atoms with van der Waals surface area (Å²) < 4.78 is 0. The smallest absolute Gasteiger partial charge is 0.320 e. The van der Waals surface area contributed by atoms with Crippen molar-refractivity contribution in [1.82, 2.24) is 14.9 Å². The Morgan fingerprint density at radius 3 is 2.77 bits per heavy atom. The number of carbonyl (C=O) groups excluding carboxylic acids is 1. The number of nitrogens with one attached hydrogen (secondary N) is 2. The zero-order chi connectivity index (χ0) is 21.1. The number of hydrogen-bond donors (Lipinski definition) is 2. The fraction of sp³-hybridized carbons (Fsp3) is 0.292. The maximum atomic E-state index is 12.7. The zero-order valence-corrected chi connectivity index (χ0v) is 17.4. The number of hydrogen-bond acceptors (Lipinski definition) is 3. The van der Waals surface area contributed by atoms with E-state index in [9.17, 15) is 9.59 Å². The fourth-order valence-electron chi connectivity index (χ4n) is 3.82. The summed E-state index contributed by atoms with van der Waals surface area (Å²) in [7, 11) is 0. The van der Waals surface area contributed by atoms with Gasteiger partial charge in [-0.15, -0.1) is 0 Å². The molecule has 1 aliphatic heterocycles. The lowest BCUT2D eigenvalue weighted by Crippen LogP contribution is -2.42. The molecule has 0 unspecified atom stereocenters. The largest absolute Gasteiger partial charge is 0.322 e. The first-order valence-corrected chi connectivity index (χ1v) is 10.3. The highest BCUT2D eigenvalue weighted by Gasteiger charge is 2.24. The number of benzene rings is 2. The molecule has 0 saturated carbocycles. The minimum Gasteiger partial charge on any atom is -0.320 e. The quantitative estimate of drug-likeness (QED) is 0.696.